The number of aromatic nitrogens is 1. The average molecular weight is 351 g/mol. The third-order valence-electron chi connectivity index (χ3n) is 5.66. The minimum absolute atomic E-state index is 0.232. The first-order valence-electron chi connectivity index (χ1n) is 8.52. The summed E-state index contributed by atoms with van der Waals surface area (Å²) in [6.07, 6.45) is 6.94. The lowest BCUT2D eigenvalue weighted by atomic mass is 9.54. The smallest absolute Gasteiger partial charge is 0.314 e. The summed E-state index contributed by atoms with van der Waals surface area (Å²) in [5.74, 6) is -2.71. The molecule has 1 aromatic carbocycles. The summed E-state index contributed by atoms with van der Waals surface area (Å²) in [4.78, 5) is 28.8. The van der Waals surface area contributed by atoms with Gasteiger partial charge in [-0.3, -0.25) is 14.6 Å². The highest BCUT2D eigenvalue weighted by Gasteiger charge is 2.58. The quantitative estimate of drug-likeness (QED) is 0.807. The van der Waals surface area contributed by atoms with Crippen LogP contribution in [-0.4, -0.2) is 27.1 Å². The van der Waals surface area contributed by atoms with Crippen LogP contribution in [0.5, 0.6) is 0 Å². The standard InChI is InChI=1S/C21H21NO4/c1-15-20(18(23)24,13-16-7-3-2-4-8-16)10-6-11-21(15,19(25)26)17-9-5-12-22-14-17/h2-10,12,14-15H,11,13H2,1H3,(H,23,24)(H,25,26). The van der Waals surface area contributed by atoms with E-state index >= 15 is 0 Å². The maximum Gasteiger partial charge on any atom is 0.314 e. The predicted molar refractivity (Wildman–Crippen MR) is 96.7 cm³/mol. The monoisotopic (exact) mass is 351 g/mol. The van der Waals surface area contributed by atoms with Gasteiger partial charge in [0, 0.05) is 12.4 Å². The SMILES string of the molecule is CC1C(Cc2ccccc2)(C(=O)O)C=CCC1(C(=O)O)c1cccnc1. The van der Waals surface area contributed by atoms with E-state index in [1.807, 2.05) is 30.3 Å². The van der Waals surface area contributed by atoms with Crippen molar-refractivity contribution in [2.24, 2.45) is 11.3 Å². The first-order valence-corrected chi connectivity index (χ1v) is 8.52. The van der Waals surface area contributed by atoms with Gasteiger partial charge in [0.15, 0.2) is 0 Å². The Hall–Kier alpha value is -2.95. The van der Waals surface area contributed by atoms with Crippen molar-refractivity contribution in [3.63, 3.8) is 0 Å². The molecule has 5 heteroatoms. The Morgan fingerprint density at radius 2 is 1.85 bits per heavy atom. The fourth-order valence-electron chi connectivity index (χ4n) is 4.08. The van der Waals surface area contributed by atoms with E-state index in [0.717, 1.165) is 5.56 Å². The molecule has 3 rings (SSSR count). The van der Waals surface area contributed by atoms with Crippen LogP contribution in [0.3, 0.4) is 0 Å². The van der Waals surface area contributed by atoms with Crippen LogP contribution < -0.4 is 0 Å². The lowest BCUT2D eigenvalue weighted by Gasteiger charge is -2.46. The largest absolute Gasteiger partial charge is 0.481 e. The molecular formula is C21H21NO4. The molecule has 1 aromatic heterocycles. The van der Waals surface area contributed by atoms with Gasteiger partial charge in [-0.1, -0.05) is 55.5 Å². The number of hydrogen-bond donors (Lipinski definition) is 2. The number of allylic oxidation sites excluding steroid dienone is 1. The summed E-state index contributed by atoms with van der Waals surface area (Å²) >= 11 is 0. The summed E-state index contributed by atoms with van der Waals surface area (Å²) in [5, 5.41) is 20.3. The first-order chi connectivity index (χ1) is 12.4. The Morgan fingerprint density at radius 3 is 2.42 bits per heavy atom. The first kappa shape index (κ1) is 17.9. The van der Waals surface area contributed by atoms with Crippen molar-refractivity contribution in [1.29, 1.82) is 0 Å². The normalized spacial score (nSPS) is 27.8. The van der Waals surface area contributed by atoms with E-state index < -0.39 is 28.7 Å². The van der Waals surface area contributed by atoms with Crippen molar-refractivity contribution in [2.45, 2.75) is 25.2 Å². The second-order valence-electron chi connectivity index (χ2n) is 6.85. The molecule has 1 aliphatic rings. The number of hydrogen-bond acceptors (Lipinski definition) is 3. The molecule has 5 nitrogen and oxygen atoms in total. The van der Waals surface area contributed by atoms with Crippen LogP contribution in [0.15, 0.2) is 67.0 Å². The number of rotatable bonds is 5. The minimum Gasteiger partial charge on any atom is -0.481 e. The molecule has 0 saturated carbocycles. The van der Waals surface area contributed by atoms with E-state index in [0.29, 0.717) is 5.56 Å². The van der Waals surface area contributed by atoms with Crippen molar-refractivity contribution in [2.75, 3.05) is 0 Å². The highest BCUT2D eigenvalue weighted by atomic mass is 16.4. The zero-order chi connectivity index (χ0) is 18.8. The van der Waals surface area contributed by atoms with Gasteiger partial charge in [-0.25, -0.2) is 0 Å². The zero-order valence-corrected chi connectivity index (χ0v) is 14.5. The molecule has 0 amide bonds. The maximum absolute atomic E-state index is 12.4. The van der Waals surface area contributed by atoms with E-state index in [2.05, 4.69) is 4.98 Å². The number of pyridine rings is 1. The van der Waals surface area contributed by atoms with Crippen LogP contribution in [0, 0.1) is 11.3 Å². The van der Waals surface area contributed by atoms with Crippen LogP contribution in [0.25, 0.3) is 0 Å². The van der Waals surface area contributed by atoms with Crippen LogP contribution in [0.2, 0.25) is 0 Å². The van der Waals surface area contributed by atoms with Crippen LogP contribution in [-0.2, 0) is 21.4 Å². The number of benzene rings is 1. The number of aliphatic carboxylic acids is 2. The van der Waals surface area contributed by atoms with Gasteiger partial charge in [-0.05, 0) is 36.0 Å². The molecule has 1 heterocycles. The van der Waals surface area contributed by atoms with E-state index in [1.54, 1.807) is 37.4 Å². The van der Waals surface area contributed by atoms with E-state index in [9.17, 15) is 19.8 Å². The summed E-state index contributed by atoms with van der Waals surface area (Å²) in [5.41, 5.74) is -1.26. The molecule has 26 heavy (non-hydrogen) atoms. The second kappa shape index (κ2) is 6.75. The van der Waals surface area contributed by atoms with Gasteiger partial charge < -0.3 is 10.2 Å². The molecule has 0 radical (unpaired) electrons. The lowest BCUT2D eigenvalue weighted by molar-refractivity contribution is -0.157. The van der Waals surface area contributed by atoms with Crippen molar-refractivity contribution in [3.8, 4) is 0 Å². The third-order valence-corrected chi connectivity index (χ3v) is 5.66. The fourth-order valence-corrected chi connectivity index (χ4v) is 4.08. The predicted octanol–water partition coefficient (Wildman–Crippen LogP) is 3.31. The summed E-state index contributed by atoms with van der Waals surface area (Å²) in [6, 6.07) is 12.7. The molecule has 3 atom stereocenters. The highest BCUT2D eigenvalue weighted by molar-refractivity contribution is 5.86. The zero-order valence-electron chi connectivity index (χ0n) is 14.5. The van der Waals surface area contributed by atoms with Crippen molar-refractivity contribution in [1.82, 2.24) is 4.98 Å². The summed E-state index contributed by atoms with van der Waals surface area (Å²) in [7, 11) is 0. The Labute approximate surface area is 152 Å². The molecule has 3 unspecified atom stereocenters. The van der Waals surface area contributed by atoms with E-state index in [-0.39, 0.29) is 12.8 Å². The Morgan fingerprint density at radius 1 is 1.12 bits per heavy atom. The van der Waals surface area contributed by atoms with E-state index in [1.165, 1.54) is 6.20 Å². The fraction of sp³-hybridized carbons (Fsp3) is 0.286. The molecule has 134 valence electrons. The Bertz CT molecular complexity index is 834. The topological polar surface area (TPSA) is 87.5 Å². The molecule has 0 bridgehead atoms. The molecule has 0 saturated heterocycles. The molecule has 0 aliphatic heterocycles. The van der Waals surface area contributed by atoms with Gasteiger partial charge in [0.25, 0.3) is 0 Å². The molecule has 2 aromatic rings. The molecular weight excluding hydrogens is 330 g/mol. The van der Waals surface area contributed by atoms with Gasteiger partial charge in [-0.2, -0.15) is 0 Å². The average Bonchev–Trinajstić information content (AvgIpc) is 2.65. The van der Waals surface area contributed by atoms with Crippen molar-refractivity contribution >= 4 is 11.9 Å². The van der Waals surface area contributed by atoms with Crippen LogP contribution in [0.4, 0.5) is 0 Å². The molecule has 1 aliphatic carbocycles. The Kier molecular flexibility index (Phi) is 4.64. The number of carboxylic acid groups (broad SMARTS) is 2. The summed E-state index contributed by atoms with van der Waals surface area (Å²) < 4.78 is 0. The molecule has 0 fully saturated rings. The second-order valence-corrected chi connectivity index (χ2v) is 6.85. The van der Waals surface area contributed by atoms with Crippen LogP contribution >= 0.6 is 0 Å². The minimum atomic E-state index is -1.34. The lowest BCUT2D eigenvalue weighted by Crippen LogP contribution is -2.54. The third kappa shape index (κ3) is 2.69. The van der Waals surface area contributed by atoms with Gasteiger partial charge in [0.1, 0.15) is 5.41 Å². The number of carbonyl (C=O) groups is 2. The highest BCUT2D eigenvalue weighted by Crippen LogP contribution is 2.51. The molecule has 0 spiro atoms. The van der Waals surface area contributed by atoms with E-state index in [4.69, 9.17) is 0 Å². The van der Waals surface area contributed by atoms with Gasteiger partial charge in [0.05, 0.1) is 5.41 Å². The van der Waals surface area contributed by atoms with Crippen LogP contribution in [0.1, 0.15) is 24.5 Å². The molecule has 2 N–H and O–H groups in total. The Balaban J connectivity index is 2.15. The maximum atomic E-state index is 12.4. The van der Waals surface area contributed by atoms with Crippen molar-refractivity contribution in [3.05, 3.63) is 78.1 Å². The van der Waals surface area contributed by atoms with Gasteiger partial charge >= 0.3 is 11.9 Å². The van der Waals surface area contributed by atoms with Crippen molar-refractivity contribution < 1.29 is 19.8 Å². The summed E-state index contributed by atoms with van der Waals surface area (Å²) in [6.45, 7) is 1.72. The number of carboxylic acids is 2. The number of nitrogens with zero attached hydrogens (tertiary/aromatic N) is 1. The van der Waals surface area contributed by atoms with Gasteiger partial charge in [-0.15, -0.1) is 0 Å². The van der Waals surface area contributed by atoms with Gasteiger partial charge in [0.2, 0.25) is 0 Å².